The van der Waals surface area contributed by atoms with Gasteiger partial charge >= 0.3 is 0 Å². The third kappa shape index (κ3) is 3.01. The van der Waals surface area contributed by atoms with E-state index in [0.29, 0.717) is 10.6 Å². The molecule has 2 aromatic carbocycles. The molecule has 96 valence electrons. The van der Waals surface area contributed by atoms with Crippen LogP contribution in [0.25, 0.3) is 0 Å². The first-order valence-electron chi connectivity index (χ1n) is 5.76. The van der Waals surface area contributed by atoms with Gasteiger partial charge in [0.05, 0.1) is 6.21 Å². The van der Waals surface area contributed by atoms with E-state index in [1.54, 1.807) is 18.2 Å². The highest BCUT2D eigenvalue weighted by Gasteiger charge is 2.07. The van der Waals surface area contributed by atoms with Crippen molar-refractivity contribution < 1.29 is 4.79 Å². The zero-order valence-corrected chi connectivity index (χ0v) is 11.2. The molecule has 4 heteroatoms. The molecule has 0 atom stereocenters. The van der Waals surface area contributed by atoms with Crippen molar-refractivity contribution in [2.24, 2.45) is 0 Å². The first kappa shape index (κ1) is 13.3. The van der Waals surface area contributed by atoms with E-state index in [4.69, 9.17) is 17.0 Å². The van der Waals surface area contributed by atoms with Gasteiger partial charge in [0.1, 0.15) is 0 Å². The van der Waals surface area contributed by atoms with E-state index in [-0.39, 0.29) is 5.78 Å². The lowest BCUT2D eigenvalue weighted by molar-refractivity contribution is 0.107. The molecule has 0 aliphatic rings. The lowest BCUT2D eigenvalue weighted by atomic mass is 10.1. The number of nitrogens with one attached hydrogen (secondary N) is 1. The topological polar surface area (TPSA) is 44.2 Å². The number of carbonyl (C=O) groups excluding carboxylic acids is 1. The predicted molar refractivity (Wildman–Crippen MR) is 79.1 cm³/mol. The molecule has 0 aliphatic carbocycles. The van der Waals surface area contributed by atoms with Crippen LogP contribution in [0.2, 0.25) is 5.02 Å². The predicted octanol–water partition coefficient (Wildman–Crippen LogP) is 3.94. The van der Waals surface area contributed by atoms with Crippen LogP contribution in [-0.2, 0) is 0 Å². The second-order valence-electron chi connectivity index (χ2n) is 4.09. The van der Waals surface area contributed by atoms with Gasteiger partial charge in [-0.15, -0.1) is 0 Å². The summed E-state index contributed by atoms with van der Waals surface area (Å²) in [7, 11) is 1.91. The SMILES string of the molecule is CN(c1ccc(Cl)cc1)c1cccc(C(=O)C=N)c1. The molecule has 0 amide bonds. The summed E-state index contributed by atoms with van der Waals surface area (Å²) in [4.78, 5) is 13.4. The number of hydrogen-bond acceptors (Lipinski definition) is 3. The van der Waals surface area contributed by atoms with E-state index >= 15 is 0 Å². The van der Waals surface area contributed by atoms with Crippen molar-refractivity contribution >= 4 is 35.0 Å². The number of ketones is 1. The van der Waals surface area contributed by atoms with Crippen molar-refractivity contribution in [3.8, 4) is 0 Å². The van der Waals surface area contributed by atoms with Crippen molar-refractivity contribution in [3.63, 3.8) is 0 Å². The van der Waals surface area contributed by atoms with Gasteiger partial charge in [-0.3, -0.25) is 4.79 Å². The monoisotopic (exact) mass is 272 g/mol. The van der Waals surface area contributed by atoms with E-state index in [0.717, 1.165) is 17.6 Å². The number of rotatable bonds is 4. The van der Waals surface area contributed by atoms with Gasteiger partial charge in [-0.1, -0.05) is 23.7 Å². The Balaban J connectivity index is 2.33. The molecule has 0 unspecified atom stereocenters. The Bertz CT molecular complexity index is 608. The highest BCUT2D eigenvalue weighted by Crippen LogP contribution is 2.25. The number of Topliss-reactive ketones (excluding diaryl/α,β-unsaturated/α-hetero) is 1. The molecule has 0 spiro atoms. The summed E-state index contributed by atoms with van der Waals surface area (Å²) in [5.41, 5.74) is 2.37. The summed E-state index contributed by atoms with van der Waals surface area (Å²) < 4.78 is 0. The maximum atomic E-state index is 11.5. The van der Waals surface area contributed by atoms with Crippen LogP contribution in [0.5, 0.6) is 0 Å². The Morgan fingerprint density at radius 2 is 1.84 bits per heavy atom. The normalized spacial score (nSPS) is 10.0. The molecule has 3 nitrogen and oxygen atoms in total. The van der Waals surface area contributed by atoms with E-state index in [2.05, 4.69) is 0 Å². The van der Waals surface area contributed by atoms with Gasteiger partial charge in [0.25, 0.3) is 0 Å². The average molecular weight is 273 g/mol. The van der Waals surface area contributed by atoms with Gasteiger partial charge in [0, 0.05) is 29.0 Å². The third-order valence-corrected chi connectivity index (χ3v) is 3.11. The Kier molecular flexibility index (Phi) is 3.97. The number of carbonyl (C=O) groups is 1. The molecule has 0 fully saturated rings. The summed E-state index contributed by atoms with van der Waals surface area (Å²) in [5, 5.41) is 7.69. The zero-order valence-electron chi connectivity index (χ0n) is 10.4. The fraction of sp³-hybridized carbons (Fsp3) is 0.0667. The van der Waals surface area contributed by atoms with Crippen LogP contribution >= 0.6 is 11.6 Å². The number of nitrogens with zero attached hydrogens (tertiary/aromatic N) is 1. The van der Waals surface area contributed by atoms with E-state index < -0.39 is 0 Å². The van der Waals surface area contributed by atoms with Gasteiger partial charge in [-0.2, -0.15) is 0 Å². The largest absolute Gasteiger partial charge is 0.345 e. The summed E-state index contributed by atoms with van der Waals surface area (Å²) >= 11 is 5.86. The molecule has 19 heavy (non-hydrogen) atoms. The molecular weight excluding hydrogens is 260 g/mol. The van der Waals surface area contributed by atoms with Crippen LogP contribution < -0.4 is 4.90 Å². The van der Waals surface area contributed by atoms with Crippen LogP contribution in [0.1, 0.15) is 10.4 Å². The fourth-order valence-electron chi connectivity index (χ4n) is 1.76. The van der Waals surface area contributed by atoms with Gasteiger partial charge in [0.2, 0.25) is 5.78 Å². The highest BCUT2D eigenvalue weighted by atomic mass is 35.5. The highest BCUT2D eigenvalue weighted by molar-refractivity contribution is 6.34. The zero-order chi connectivity index (χ0) is 13.8. The Morgan fingerprint density at radius 1 is 1.16 bits per heavy atom. The number of halogens is 1. The van der Waals surface area contributed by atoms with Crippen molar-refractivity contribution in [1.82, 2.24) is 0 Å². The van der Waals surface area contributed by atoms with Gasteiger partial charge in [-0.05, 0) is 36.4 Å². The van der Waals surface area contributed by atoms with Crippen LogP contribution in [0.15, 0.2) is 48.5 Å². The number of hydrogen-bond donors (Lipinski definition) is 1. The minimum absolute atomic E-state index is 0.300. The van der Waals surface area contributed by atoms with E-state index in [1.165, 1.54) is 0 Å². The molecule has 0 aromatic heterocycles. The van der Waals surface area contributed by atoms with Crippen LogP contribution in [-0.4, -0.2) is 19.0 Å². The average Bonchev–Trinajstić information content (AvgIpc) is 2.46. The fourth-order valence-corrected chi connectivity index (χ4v) is 1.89. The second-order valence-corrected chi connectivity index (χ2v) is 4.53. The lowest BCUT2D eigenvalue weighted by Gasteiger charge is -2.20. The van der Waals surface area contributed by atoms with Crippen molar-refractivity contribution in [2.75, 3.05) is 11.9 Å². The van der Waals surface area contributed by atoms with Crippen LogP contribution in [0.3, 0.4) is 0 Å². The van der Waals surface area contributed by atoms with E-state index in [1.807, 2.05) is 42.3 Å². The summed E-state index contributed by atoms with van der Waals surface area (Å²) in [6, 6.07) is 14.6. The Morgan fingerprint density at radius 3 is 2.47 bits per heavy atom. The van der Waals surface area contributed by atoms with Crippen molar-refractivity contribution in [1.29, 1.82) is 5.41 Å². The minimum Gasteiger partial charge on any atom is -0.345 e. The molecule has 0 radical (unpaired) electrons. The maximum absolute atomic E-state index is 11.5. The molecule has 0 aliphatic heterocycles. The molecular formula is C15H13ClN2O. The molecule has 0 heterocycles. The van der Waals surface area contributed by atoms with Crippen LogP contribution in [0, 0.1) is 5.41 Å². The molecule has 0 saturated heterocycles. The van der Waals surface area contributed by atoms with Crippen LogP contribution in [0.4, 0.5) is 11.4 Å². The first-order valence-corrected chi connectivity index (χ1v) is 6.14. The molecule has 0 saturated carbocycles. The molecule has 2 rings (SSSR count). The van der Waals surface area contributed by atoms with E-state index in [9.17, 15) is 4.79 Å². The second kappa shape index (κ2) is 5.67. The number of benzene rings is 2. The summed E-state index contributed by atoms with van der Waals surface area (Å²) in [6.07, 6.45) is 0.821. The van der Waals surface area contributed by atoms with Gasteiger partial charge in [-0.25, -0.2) is 0 Å². The lowest BCUT2D eigenvalue weighted by Crippen LogP contribution is -2.10. The first-order chi connectivity index (χ1) is 9.11. The van der Waals surface area contributed by atoms with Gasteiger partial charge < -0.3 is 10.3 Å². The standard InChI is InChI=1S/C15H13ClN2O/c1-18(13-7-5-12(16)6-8-13)14-4-2-3-11(9-14)15(19)10-17/h2-10,17H,1H3. The summed E-state index contributed by atoms with van der Waals surface area (Å²) in [6.45, 7) is 0. The van der Waals surface area contributed by atoms with Gasteiger partial charge in [0.15, 0.2) is 0 Å². The third-order valence-electron chi connectivity index (χ3n) is 2.86. The summed E-state index contributed by atoms with van der Waals surface area (Å²) in [5.74, 6) is -0.300. The minimum atomic E-state index is -0.300. The number of anilines is 2. The molecule has 0 bridgehead atoms. The molecule has 2 aromatic rings. The van der Waals surface area contributed by atoms with Crippen molar-refractivity contribution in [2.45, 2.75) is 0 Å². The Labute approximate surface area is 116 Å². The van der Waals surface area contributed by atoms with Crippen molar-refractivity contribution in [3.05, 3.63) is 59.1 Å². The quantitative estimate of drug-likeness (QED) is 0.677. The smallest absolute Gasteiger partial charge is 0.203 e. The maximum Gasteiger partial charge on any atom is 0.203 e. The molecule has 1 N–H and O–H groups in total. The Hall–Kier alpha value is -2.13.